The molecule has 0 bridgehead atoms. The summed E-state index contributed by atoms with van der Waals surface area (Å²) in [6, 6.07) is 10.4. The van der Waals surface area contributed by atoms with Gasteiger partial charge in [-0.25, -0.2) is 4.39 Å². The van der Waals surface area contributed by atoms with E-state index in [0.29, 0.717) is 32.5 Å². The first-order valence-electron chi connectivity index (χ1n) is 8.10. The molecule has 0 unspecified atom stereocenters. The van der Waals surface area contributed by atoms with Crippen LogP contribution in [0.15, 0.2) is 30.3 Å². The molecule has 2 aromatic rings. The van der Waals surface area contributed by atoms with E-state index < -0.39 is 6.17 Å². The predicted octanol–water partition coefficient (Wildman–Crippen LogP) is 4.65. The fourth-order valence-corrected chi connectivity index (χ4v) is 4.01. The molecule has 0 radical (unpaired) electrons. The maximum absolute atomic E-state index is 13.2. The van der Waals surface area contributed by atoms with E-state index in [1.165, 1.54) is 5.56 Å². The third-order valence-electron chi connectivity index (χ3n) is 4.44. The van der Waals surface area contributed by atoms with Crippen LogP contribution in [0.5, 0.6) is 0 Å². The minimum atomic E-state index is -0.697. The van der Waals surface area contributed by atoms with Gasteiger partial charge in [0.25, 0.3) is 0 Å². The predicted molar refractivity (Wildman–Crippen MR) is 94.1 cm³/mol. The van der Waals surface area contributed by atoms with E-state index in [9.17, 15) is 9.18 Å². The van der Waals surface area contributed by atoms with Gasteiger partial charge in [-0.1, -0.05) is 29.8 Å². The zero-order chi connectivity index (χ0) is 16.4. The Morgan fingerprint density at radius 2 is 1.87 bits per heavy atom. The second-order valence-corrected chi connectivity index (χ2v) is 7.58. The first-order valence-corrected chi connectivity index (χ1v) is 8.91. The molecule has 1 fully saturated rings. The number of Topliss-reactive ketones (excluding diaryl/α,β-unsaturated/α-hetero) is 1. The first-order chi connectivity index (χ1) is 11.0. The lowest BCUT2D eigenvalue weighted by Gasteiger charge is -2.27. The van der Waals surface area contributed by atoms with Gasteiger partial charge in [-0.2, -0.15) is 0 Å². The quantitative estimate of drug-likeness (QED) is 0.760. The summed E-state index contributed by atoms with van der Waals surface area (Å²) >= 11 is 1.66. The smallest absolute Gasteiger partial charge is 0.177 e. The van der Waals surface area contributed by atoms with Gasteiger partial charge in [-0.15, -0.1) is 11.3 Å². The van der Waals surface area contributed by atoms with Crippen LogP contribution in [0.25, 0.3) is 10.4 Å². The second-order valence-electron chi connectivity index (χ2n) is 6.32. The van der Waals surface area contributed by atoms with Crippen molar-refractivity contribution >= 4 is 17.1 Å². The summed E-state index contributed by atoms with van der Waals surface area (Å²) in [6.07, 6.45) is 0.395. The number of nitrogens with zero attached hydrogens (tertiary/aromatic N) is 1. The Labute approximate surface area is 140 Å². The Bertz CT molecular complexity index is 684. The fourth-order valence-electron chi connectivity index (χ4n) is 2.97. The van der Waals surface area contributed by atoms with Crippen LogP contribution in [0.3, 0.4) is 0 Å². The van der Waals surface area contributed by atoms with Crippen LogP contribution >= 0.6 is 11.3 Å². The van der Waals surface area contributed by atoms with Crippen LogP contribution in [-0.2, 0) is 0 Å². The summed E-state index contributed by atoms with van der Waals surface area (Å²) in [6.45, 7) is 5.84. The fraction of sp³-hybridized carbons (Fsp3) is 0.421. The van der Waals surface area contributed by atoms with Crippen LogP contribution in [0.4, 0.5) is 4.39 Å². The number of benzene rings is 1. The lowest BCUT2D eigenvalue weighted by atomic mass is 10.1. The van der Waals surface area contributed by atoms with Gasteiger partial charge < -0.3 is 0 Å². The Kier molecular flexibility index (Phi) is 4.93. The Balaban J connectivity index is 1.72. The summed E-state index contributed by atoms with van der Waals surface area (Å²) in [5.74, 6) is 0.148. The molecular weight excluding hydrogens is 309 g/mol. The maximum Gasteiger partial charge on any atom is 0.177 e. The second kappa shape index (κ2) is 6.93. The van der Waals surface area contributed by atoms with Crippen molar-refractivity contribution < 1.29 is 9.18 Å². The minimum Gasteiger partial charge on any atom is -0.296 e. The number of likely N-dealkylation sites (tertiary alicyclic amines) is 1. The van der Waals surface area contributed by atoms with Gasteiger partial charge >= 0.3 is 0 Å². The van der Waals surface area contributed by atoms with Crippen molar-refractivity contribution in [2.24, 2.45) is 0 Å². The van der Waals surface area contributed by atoms with Crippen molar-refractivity contribution in [1.29, 1.82) is 0 Å². The van der Waals surface area contributed by atoms with E-state index in [4.69, 9.17) is 0 Å². The molecule has 2 nitrogen and oxygen atoms in total. The van der Waals surface area contributed by atoms with Crippen molar-refractivity contribution in [2.45, 2.75) is 32.9 Å². The van der Waals surface area contributed by atoms with E-state index >= 15 is 0 Å². The standard InChI is InChI=1S/C19H22FNOS/c1-13-3-5-15(6-4-13)19-11-17(14(2)23-19)18(22)12-21-9-7-16(20)8-10-21/h3-6,11,16H,7-10,12H2,1-2H3. The molecule has 1 aliphatic heterocycles. The molecule has 23 heavy (non-hydrogen) atoms. The molecule has 3 rings (SSSR count). The Morgan fingerprint density at radius 1 is 1.22 bits per heavy atom. The van der Waals surface area contributed by atoms with Gasteiger partial charge in [0, 0.05) is 28.4 Å². The highest BCUT2D eigenvalue weighted by molar-refractivity contribution is 7.15. The van der Waals surface area contributed by atoms with Crippen LogP contribution in [0, 0.1) is 13.8 Å². The highest BCUT2D eigenvalue weighted by Crippen LogP contribution is 2.31. The topological polar surface area (TPSA) is 20.3 Å². The number of hydrogen-bond acceptors (Lipinski definition) is 3. The van der Waals surface area contributed by atoms with Crippen molar-refractivity contribution in [2.75, 3.05) is 19.6 Å². The zero-order valence-corrected chi connectivity index (χ0v) is 14.5. The van der Waals surface area contributed by atoms with Crippen LogP contribution in [-0.4, -0.2) is 36.5 Å². The number of piperidine rings is 1. The van der Waals surface area contributed by atoms with Gasteiger partial charge in [0.15, 0.2) is 5.78 Å². The molecule has 0 N–H and O–H groups in total. The summed E-state index contributed by atoms with van der Waals surface area (Å²) in [5.41, 5.74) is 3.20. The van der Waals surface area contributed by atoms with Gasteiger partial charge in [-0.3, -0.25) is 9.69 Å². The molecule has 0 saturated carbocycles. The van der Waals surface area contributed by atoms with Crippen molar-refractivity contribution in [3.05, 3.63) is 46.3 Å². The number of alkyl halides is 1. The highest BCUT2D eigenvalue weighted by atomic mass is 32.1. The number of hydrogen-bond donors (Lipinski definition) is 0. The monoisotopic (exact) mass is 331 g/mol. The van der Waals surface area contributed by atoms with E-state index in [2.05, 4.69) is 36.1 Å². The average molecular weight is 331 g/mol. The summed E-state index contributed by atoms with van der Waals surface area (Å²) < 4.78 is 13.2. The molecule has 0 spiro atoms. The number of aryl methyl sites for hydroxylation is 2. The van der Waals surface area contributed by atoms with E-state index in [1.54, 1.807) is 11.3 Å². The minimum absolute atomic E-state index is 0.148. The van der Waals surface area contributed by atoms with Gasteiger partial charge in [0.1, 0.15) is 6.17 Å². The Hall–Kier alpha value is -1.52. The Morgan fingerprint density at radius 3 is 2.52 bits per heavy atom. The molecule has 1 aliphatic rings. The van der Waals surface area contributed by atoms with E-state index in [-0.39, 0.29) is 5.78 Å². The van der Waals surface area contributed by atoms with E-state index in [0.717, 1.165) is 20.9 Å². The highest BCUT2D eigenvalue weighted by Gasteiger charge is 2.22. The molecular formula is C19H22FNOS. The molecule has 0 atom stereocenters. The lowest BCUT2D eigenvalue weighted by Crippen LogP contribution is -2.38. The third-order valence-corrected chi connectivity index (χ3v) is 5.54. The molecule has 0 aliphatic carbocycles. The summed E-state index contributed by atoms with van der Waals surface area (Å²) in [4.78, 5) is 16.8. The molecule has 1 aromatic carbocycles. The number of halogens is 1. The first kappa shape index (κ1) is 16.3. The van der Waals surface area contributed by atoms with Crippen molar-refractivity contribution in [3.8, 4) is 10.4 Å². The molecule has 122 valence electrons. The lowest BCUT2D eigenvalue weighted by molar-refractivity contribution is 0.0875. The van der Waals surface area contributed by atoms with Crippen molar-refractivity contribution in [3.63, 3.8) is 0 Å². The number of thiophene rings is 1. The number of carbonyl (C=O) groups is 1. The van der Waals surface area contributed by atoms with Gasteiger partial charge in [0.2, 0.25) is 0 Å². The normalized spacial score (nSPS) is 16.7. The molecule has 1 aromatic heterocycles. The average Bonchev–Trinajstić information content (AvgIpc) is 2.92. The SMILES string of the molecule is Cc1ccc(-c2cc(C(=O)CN3CCC(F)CC3)c(C)s2)cc1. The number of ketones is 1. The largest absolute Gasteiger partial charge is 0.296 e. The van der Waals surface area contributed by atoms with Crippen LogP contribution < -0.4 is 0 Å². The molecule has 1 saturated heterocycles. The third kappa shape index (κ3) is 3.88. The number of carbonyl (C=O) groups excluding carboxylic acids is 1. The van der Waals surface area contributed by atoms with Crippen molar-refractivity contribution in [1.82, 2.24) is 4.90 Å². The number of rotatable bonds is 4. The summed E-state index contributed by atoms with van der Waals surface area (Å²) in [7, 11) is 0. The van der Waals surface area contributed by atoms with Gasteiger partial charge in [-0.05, 0) is 38.3 Å². The molecule has 2 heterocycles. The molecule has 0 amide bonds. The van der Waals surface area contributed by atoms with Crippen LogP contribution in [0.1, 0.15) is 33.6 Å². The van der Waals surface area contributed by atoms with E-state index in [1.807, 2.05) is 13.0 Å². The summed E-state index contributed by atoms with van der Waals surface area (Å²) in [5, 5.41) is 0. The van der Waals surface area contributed by atoms with Gasteiger partial charge in [0.05, 0.1) is 6.54 Å². The van der Waals surface area contributed by atoms with Crippen LogP contribution in [0.2, 0.25) is 0 Å². The zero-order valence-electron chi connectivity index (χ0n) is 13.6. The maximum atomic E-state index is 13.2. The molecule has 4 heteroatoms.